The van der Waals surface area contributed by atoms with Gasteiger partial charge in [-0.25, -0.2) is 0 Å². The predicted molar refractivity (Wildman–Crippen MR) is 48.9 cm³/mol. The van der Waals surface area contributed by atoms with Gasteiger partial charge in [0, 0.05) is 0 Å². The first kappa shape index (κ1) is 17.5. The van der Waals surface area contributed by atoms with Gasteiger partial charge in [0.25, 0.3) is 5.91 Å². The van der Waals surface area contributed by atoms with E-state index in [2.05, 4.69) is 5.73 Å². The highest BCUT2D eigenvalue weighted by atomic mass is 19.4. The minimum Gasteiger partial charge on any atom is -0.480 e. The average molecular weight is 296 g/mol. The third kappa shape index (κ3) is 4.93. The van der Waals surface area contributed by atoms with E-state index in [1.807, 2.05) is 0 Å². The van der Waals surface area contributed by atoms with Crippen LogP contribution in [0.5, 0.6) is 0 Å². The Balaban J connectivity index is 5.28. The number of rotatable bonds is 4. The number of halogens is 6. The molecule has 0 saturated carbocycles. The topological polar surface area (TPSA) is 83.6 Å². The number of carboxylic acids is 1. The highest BCUT2D eigenvalue weighted by Gasteiger charge is 2.56. The highest BCUT2D eigenvalue weighted by molar-refractivity contribution is 5.89. The lowest BCUT2D eigenvalue weighted by molar-refractivity contribution is -0.202. The maximum Gasteiger partial charge on any atom is 0.415 e. The number of carbonyl (C=O) groups excluding carboxylic acids is 1. The number of hydrogen-bond donors (Lipinski definition) is 2. The molecule has 1 atom stereocenters. The van der Waals surface area contributed by atoms with Crippen LogP contribution in [0.4, 0.5) is 26.3 Å². The fraction of sp³-hybridized carbons (Fsp3) is 0.750. The van der Waals surface area contributed by atoms with E-state index in [0.717, 1.165) is 0 Å². The third-order valence-corrected chi connectivity index (χ3v) is 2.02. The zero-order valence-corrected chi connectivity index (χ0v) is 9.47. The smallest absolute Gasteiger partial charge is 0.415 e. The summed E-state index contributed by atoms with van der Waals surface area (Å²) in [5.74, 6) is -4.06. The van der Waals surface area contributed by atoms with Gasteiger partial charge in [-0.05, 0) is 6.92 Å². The van der Waals surface area contributed by atoms with E-state index >= 15 is 0 Å². The molecule has 112 valence electrons. The van der Waals surface area contributed by atoms with Crippen LogP contribution in [0.25, 0.3) is 0 Å². The van der Waals surface area contributed by atoms with Crippen LogP contribution >= 0.6 is 0 Å². The summed E-state index contributed by atoms with van der Waals surface area (Å²) in [4.78, 5) is 21.1. The number of alkyl halides is 6. The summed E-state index contributed by atoms with van der Waals surface area (Å²) >= 11 is 0. The standard InChI is InChI=1S/C8H10F6N2O3/c1-6(15,8(12,13)14)5(19)16(2-4(17)18)3-7(9,10)11/h2-3,15H2,1H3,(H,17,18). The Kier molecular flexibility index (Phi) is 4.81. The number of hydrogen-bond acceptors (Lipinski definition) is 3. The van der Waals surface area contributed by atoms with Gasteiger partial charge in [0.1, 0.15) is 13.1 Å². The molecule has 0 aliphatic rings. The normalized spacial score (nSPS) is 15.8. The summed E-state index contributed by atoms with van der Waals surface area (Å²) < 4.78 is 73.5. The minimum absolute atomic E-state index is 0.167. The van der Waals surface area contributed by atoms with Crippen molar-refractivity contribution >= 4 is 11.9 Å². The molecule has 0 bridgehead atoms. The molecule has 0 aliphatic heterocycles. The van der Waals surface area contributed by atoms with Crippen molar-refractivity contribution < 1.29 is 41.0 Å². The Hall–Kier alpha value is -1.52. The number of nitrogens with zero attached hydrogens (tertiary/aromatic N) is 1. The molecular weight excluding hydrogens is 286 g/mol. The van der Waals surface area contributed by atoms with Crippen LogP contribution in [0.3, 0.4) is 0 Å². The molecule has 0 aromatic rings. The number of aliphatic carboxylic acids is 1. The molecule has 0 aromatic heterocycles. The van der Waals surface area contributed by atoms with E-state index < -0.39 is 47.8 Å². The molecule has 0 radical (unpaired) electrons. The number of nitrogens with two attached hydrogens (primary N) is 1. The quantitative estimate of drug-likeness (QED) is 0.750. The maximum atomic E-state index is 12.4. The summed E-state index contributed by atoms with van der Waals surface area (Å²) in [6.07, 6.45) is -10.4. The lowest BCUT2D eigenvalue weighted by Crippen LogP contribution is -2.63. The highest BCUT2D eigenvalue weighted by Crippen LogP contribution is 2.30. The lowest BCUT2D eigenvalue weighted by atomic mass is 10.0. The molecule has 0 spiro atoms. The summed E-state index contributed by atoms with van der Waals surface area (Å²) in [6.45, 7) is -3.51. The molecule has 0 rings (SSSR count). The fourth-order valence-corrected chi connectivity index (χ4v) is 1.03. The van der Waals surface area contributed by atoms with Crippen LogP contribution in [-0.4, -0.2) is 52.9 Å². The van der Waals surface area contributed by atoms with Gasteiger partial charge in [0.05, 0.1) is 0 Å². The Morgan fingerprint density at radius 2 is 1.58 bits per heavy atom. The molecular formula is C8H10F6N2O3. The second-order valence-electron chi connectivity index (χ2n) is 3.87. The van der Waals surface area contributed by atoms with Gasteiger partial charge >= 0.3 is 18.3 Å². The van der Waals surface area contributed by atoms with Crippen molar-refractivity contribution in [2.45, 2.75) is 24.8 Å². The summed E-state index contributed by atoms with van der Waals surface area (Å²) in [5, 5.41) is 8.31. The van der Waals surface area contributed by atoms with Gasteiger partial charge in [0.2, 0.25) is 0 Å². The van der Waals surface area contributed by atoms with Gasteiger partial charge in [-0.3, -0.25) is 9.59 Å². The lowest BCUT2D eigenvalue weighted by Gasteiger charge is -2.32. The Morgan fingerprint density at radius 3 is 1.84 bits per heavy atom. The summed E-state index contributed by atoms with van der Waals surface area (Å²) in [7, 11) is 0. The van der Waals surface area contributed by atoms with Gasteiger partial charge < -0.3 is 15.7 Å². The number of carboxylic acid groups (broad SMARTS) is 1. The van der Waals surface area contributed by atoms with Crippen molar-refractivity contribution in [2.75, 3.05) is 13.1 Å². The van der Waals surface area contributed by atoms with Gasteiger partial charge in [-0.2, -0.15) is 26.3 Å². The molecule has 1 unspecified atom stereocenters. The zero-order valence-electron chi connectivity index (χ0n) is 9.47. The molecule has 1 amide bonds. The van der Waals surface area contributed by atoms with Crippen molar-refractivity contribution in [3.63, 3.8) is 0 Å². The van der Waals surface area contributed by atoms with E-state index in [1.165, 1.54) is 0 Å². The third-order valence-electron chi connectivity index (χ3n) is 2.02. The second-order valence-corrected chi connectivity index (χ2v) is 3.87. The van der Waals surface area contributed by atoms with Gasteiger partial charge in [0.15, 0.2) is 5.54 Å². The Labute approximate surface area is 103 Å². The van der Waals surface area contributed by atoms with E-state index in [0.29, 0.717) is 0 Å². The molecule has 19 heavy (non-hydrogen) atoms. The van der Waals surface area contributed by atoms with Crippen molar-refractivity contribution in [1.82, 2.24) is 4.90 Å². The van der Waals surface area contributed by atoms with Crippen LogP contribution in [0.2, 0.25) is 0 Å². The van der Waals surface area contributed by atoms with Crippen LogP contribution in [0.15, 0.2) is 0 Å². The largest absolute Gasteiger partial charge is 0.480 e. The van der Waals surface area contributed by atoms with Gasteiger partial charge in [-0.15, -0.1) is 0 Å². The van der Waals surface area contributed by atoms with E-state index in [4.69, 9.17) is 5.11 Å². The van der Waals surface area contributed by atoms with E-state index in [9.17, 15) is 35.9 Å². The predicted octanol–water partition coefficient (Wildman–Crippen LogP) is 0.742. The Bertz CT molecular complexity index is 362. The first-order valence-electron chi connectivity index (χ1n) is 4.62. The first-order valence-corrected chi connectivity index (χ1v) is 4.62. The molecule has 3 N–H and O–H groups in total. The molecule has 0 saturated heterocycles. The van der Waals surface area contributed by atoms with Crippen LogP contribution in [0, 0.1) is 0 Å². The molecule has 0 aliphatic carbocycles. The Morgan fingerprint density at radius 1 is 1.16 bits per heavy atom. The molecule has 5 nitrogen and oxygen atoms in total. The summed E-state index contributed by atoms with van der Waals surface area (Å²) in [5.41, 5.74) is 1.05. The average Bonchev–Trinajstić information content (AvgIpc) is 2.10. The van der Waals surface area contributed by atoms with Gasteiger partial charge in [-0.1, -0.05) is 0 Å². The van der Waals surface area contributed by atoms with E-state index in [1.54, 1.807) is 0 Å². The minimum atomic E-state index is -5.31. The molecule has 11 heteroatoms. The summed E-state index contributed by atoms with van der Waals surface area (Å²) in [6, 6.07) is 0. The zero-order chi connectivity index (χ0) is 15.6. The van der Waals surface area contributed by atoms with Crippen molar-refractivity contribution in [2.24, 2.45) is 5.73 Å². The van der Waals surface area contributed by atoms with Crippen LogP contribution in [-0.2, 0) is 9.59 Å². The second kappa shape index (κ2) is 5.23. The SMILES string of the molecule is CC(N)(C(=O)N(CC(=O)O)CC(F)(F)F)C(F)(F)F. The van der Waals surface area contributed by atoms with Crippen LogP contribution < -0.4 is 5.73 Å². The van der Waals surface area contributed by atoms with E-state index in [-0.39, 0.29) is 6.92 Å². The first-order chi connectivity index (χ1) is 8.18. The maximum absolute atomic E-state index is 12.4. The molecule has 0 aromatic carbocycles. The number of amides is 1. The van der Waals surface area contributed by atoms with Crippen LogP contribution in [0.1, 0.15) is 6.92 Å². The molecule has 0 fully saturated rings. The van der Waals surface area contributed by atoms with Crippen molar-refractivity contribution in [3.8, 4) is 0 Å². The fourth-order valence-electron chi connectivity index (χ4n) is 1.03. The monoisotopic (exact) mass is 296 g/mol. The van der Waals surface area contributed by atoms with Crippen molar-refractivity contribution in [3.05, 3.63) is 0 Å². The molecule has 0 heterocycles. The number of carbonyl (C=O) groups is 2. The van der Waals surface area contributed by atoms with Crippen molar-refractivity contribution in [1.29, 1.82) is 0 Å².